The molecule has 0 aliphatic heterocycles. The second kappa shape index (κ2) is 7.76. The van der Waals surface area contributed by atoms with E-state index in [-0.39, 0.29) is 19.6 Å². The highest BCUT2D eigenvalue weighted by atomic mass is 16.4. The third-order valence-electron chi connectivity index (χ3n) is 2.56. The Hall–Kier alpha value is -2.59. The number of carboxylic acid groups (broad SMARTS) is 1. The van der Waals surface area contributed by atoms with Crippen LogP contribution >= 0.6 is 0 Å². The van der Waals surface area contributed by atoms with E-state index >= 15 is 0 Å². The van der Waals surface area contributed by atoms with Crippen LogP contribution < -0.4 is 10.6 Å². The Kier molecular flexibility index (Phi) is 6.00. The van der Waals surface area contributed by atoms with Crippen LogP contribution in [0.1, 0.15) is 17.5 Å². The van der Waals surface area contributed by atoms with Crippen molar-refractivity contribution in [2.45, 2.75) is 19.0 Å². The molecule has 20 heavy (non-hydrogen) atoms. The Labute approximate surface area is 115 Å². The number of aliphatic hydroxyl groups excluding tert-OH is 1. The van der Waals surface area contributed by atoms with E-state index < -0.39 is 18.0 Å². The normalized spacial score (nSPS) is 11.2. The average molecular weight is 277 g/mol. The fraction of sp³-hybridized carbons (Fsp3) is 0.308. The molecule has 0 aliphatic carbocycles. The van der Waals surface area contributed by atoms with E-state index in [1.165, 1.54) is 0 Å². The zero-order valence-corrected chi connectivity index (χ0v) is 10.7. The molecule has 0 spiro atoms. The van der Waals surface area contributed by atoms with Gasteiger partial charge in [0.15, 0.2) is 0 Å². The van der Waals surface area contributed by atoms with Gasteiger partial charge in [-0.15, -0.1) is 0 Å². The van der Waals surface area contributed by atoms with E-state index in [1.807, 2.05) is 6.07 Å². The van der Waals surface area contributed by atoms with Crippen LogP contribution in [0.15, 0.2) is 24.3 Å². The molecule has 1 aromatic rings. The molecule has 0 radical (unpaired) electrons. The first-order valence-corrected chi connectivity index (χ1v) is 5.94. The first-order chi connectivity index (χ1) is 9.56. The fourth-order valence-electron chi connectivity index (χ4n) is 1.48. The fourth-order valence-corrected chi connectivity index (χ4v) is 1.48. The number of benzene rings is 1. The molecule has 1 unspecified atom stereocenters. The monoisotopic (exact) mass is 277 g/mol. The quantitative estimate of drug-likeness (QED) is 0.591. The Morgan fingerprint density at radius 3 is 2.45 bits per heavy atom. The topological polar surface area (TPSA) is 122 Å². The number of nitriles is 1. The maximum absolute atomic E-state index is 11.5. The molecule has 7 heteroatoms. The Bertz CT molecular complexity index is 507. The smallest absolute Gasteiger partial charge is 0.326 e. The van der Waals surface area contributed by atoms with E-state index in [1.54, 1.807) is 24.3 Å². The second-order valence-electron chi connectivity index (χ2n) is 4.04. The minimum Gasteiger partial charge on any atom is -0.480 e. The summed E-state index contributed by atoms with van der Waals surface area (Å²) >= 11 is 0. The van der Waals surface area contributed by atoms with Gasteiger partial charge in [0.25, 0.3) is 0 Å². The first-order valence-electron chi connectivity index (χ1n) is 5.94. The zero-order chi connectivity index (χ0) is 15.0. The van der Waals surface area contributed by atoms with Gasteiger partial charge in [-0.3, -0.25) is 0 Å². The van der Waals surface area contributed by atoms with Gasteiger partial charge in [-0.2, -0.15) is 5.26 Å². The van der Waals surface area contributed by atoms with Crippen molar-refractivity contribution < 1.29 is 19.8 Å². The maximum Gasteiger partial charge on any atom is 0.326 e. The van der Waals surface area contributed by atoms with Gasteiger partial charge in [0.2, 0.25) is 0 Å². The number of hydrogen-bond donors (Lipinski definition) is 4. The van der Waals surface area contributed by atoms with Gasteiger partial charge >= 0.3 is 12.0 Å². The summed E-state index contributed by atoms with van der Waals surface area (Å²) in [4.78, 5) is 22.3. The highest BCUT2D eigenvalue weighted by Gasteiger charge is 2.18. The average Bonchev–Trinajstić information content (AvgIpc) is 2.45. The molecule has 0 saturated carbocycles. The molecule has 1 atom stereocenters. The van der Waals surface area contributed by atoms with Crippen molar-refractivity contribution in [3.63, 3.8) is 0 Å². The van der Waals surface area contributed by atoms with Crippen LogP contribution in [0.2, 0.25) is 0 Å². The van der Waals surface area contributed by atoms with Crippen molar-refractivity contribution in [1.82, 2.24) is 10.6 Å². The molecule has 0 saturated heterocycles. The van der Waals surface area contributed by atoms with Gasteiger partial charge in [0, 0.05) is 19.6 Å². The summed E-state index contributed by atoms with van der Waals surface area (Å²) in [5, 5.41) is 30.9. The van der Waals surface area contributed by atoms with Crippen molar-refractivity contribution in [2.75, 3.05) is 6.61 Å². The van der Waals surface area contributed by atoms with Crippen LogP contribution in [0.3, 0.4) is 0 Å². The second-order valence-corrected chi connectivity index (χ2v) is 4.04. The van der Waals surface area contributed by atoms with Gasteiger partial charge in [-0.1, -0.05) is 12.1 Å². The summed E-state index contributed by atoms with van der Waals surface area (Å²) in [6, 6.07) is 6.87. The van der Waals surface area contributed by atoms with Gasteiger partial charge in [-0.05, 0) is 17.7 Å². The number of aliphatic carboxylic acids is 1. The molecule has 1 rings (SSSR count). The highest BCUT2D eigenvalue weighted by molar-refractivity contribution is 5.82. The van der Waals surface area contributed by atoms with Crippen LogP contribution in [-0.4, -0.2) is 34.9 Å². The number of aliphatic hydroxyl groups is 1. The van der Waals surface area contributed by atoms with Gasteiger partial charge < -0.3 is 20.8 Å². The molecule has 7 nitrogen and oxygen atoms in total. The van der Waals surface area contributed by atoms with E-state index in [2.05, 4.69) is 10.6 Å². The van der Waals surface area contributed by atoms with E-state index in [0.29, 0.717) is 5.56 Å². The SMILES string of the molecule is N#Cc1ccc(CNC(=O)NC(CCO)C(=O)O)cc1. The molecule has 0 bridgehead atoms. The minimum atomic E-state index is -1.20. The number of carbonyl (C=O) groups is 2. The maximum atomic E-state index is 11.5. The molecule has 0 aromatic heterocycles. The third-order valence-corrected chi connectivity index (χ3v) is 2.56. The summed E-state index contributed by atoms with van der Waals surface area (Å²) in [5.74, 6) is -1.20. The van der Waals surface area contributed by atoms with Gasteiger partial charge in [0.05, 0.1) is 11.6 Å². The zero-order valence-electron chi connectivity index (χ0n) is 10.7. The summed E-state index contributed by atoms with van der Waals surface area (Å²) in [6.45, 7) is -0.115. The lowest BCUT2D eigenvalue weighted by atomic mass is 10.1. The number of nitrogens with zero attached hydrogens (tertiary/aromatic N) is 1. The molecule has 4 N–H and O–H groups in total. The van der Waals surface area contributed by atoms with Gasteiger partial charge in [0.1, 0.15) is 6.04 Å². The molecule has 0 fully saturated rings. The number of amides is 2. The molecule has 1 aromatic carbocycles. The Balaban J connectivity index is 2.46. The van der Waals surface area contributed by atoms with Crippen LogP contribution in [0, 0.1) is 11.3 Å². The van der Waals surface area contributed by atoms with Crippen molar-refractivity contribution in [3.05, 3.63) is 35.4 Å². The predicted molar refractivity (Wildman–Crippen MR) is 69.7 cm³/mol. The number of nitrogens with one attached hydrogen (secondary N) is 2. The standard InChI is InChI=1S/C13H15N3O4/c14-7-9-1-3-10(4-2-9)8-15-13(20)16-11(5-6-17)12(18)19/h1-4,11,17H,5-6,8H2,(H,18,19)(H2,15,16,20). The summed E-state index contributed by atoms with van der Waals surface area (Å²) in [7, 11) is 0. The summed E-state index contributed by atoms with van der Waals surface area (Å²) in [5.41, 5.74) is 1.31. The molecular weight excluding hydrogens is 262 g/mol. The van der Waals surface area contributed by atoms with Crippen LogP contribution in [0.4, 0.5) is 4.79 Å². The Morgan fingerprint density at radius 2 is 1.95 bits per heavy atom. The van der Waals surface area contributed by atoms with Crippen molar-refractivity contribution in [2.24, 2.45) is 0 Å². The Morgan fingerprint density at radius 1 is 1.30 bits per heavy atom. The van der Waals surface area contributed by atoms with E-state index in [4.69, 9.17) is 15.5 Å². The van der Waals surface area contributed by atoms with Crippen LogP contribution in [-0.2, 0) is 11.3 Å². The summed E-state index contributed by atoms with van der Waals surface area (Å²) in [6.07, 6.45) is -0.0559. The van der Waals surface area contributed by atoms with E-state index in [0.717, 1.165) is 5.56 Å². The molecule has 106 valence electrons. The molecule has 0 aliphatic rings. The largest absolute Gasteiger partial charge is 0.480 e. The first kappa shape index (κ1) is 15.5. The van der Waals surface area contributed by atoms with Crippen molar-refractivity contribution in [3.8, 4) is 6.07 Å². The van der Waals surface area contributed by atoms with Crippen molar-refractivity contribution >= 4 is 12.0 Å². The number of hydrogen-bond acceptors (Lipinski definition) is 4. The third kappa shape index (κ3) is 4.96. The highest BCUT2D eigenvalue weighted by Crippen LogP contribution is 2.02. The van der Waals surface area contributed by atoms with Crippen LogP contribution in [0.5, 0.6) is 0 Å². The lowest BCUT2D eigenvalue weighted by molar-refractivity contribution is -0.139. The number of carbonyl (C=O) groups excluding carboxylic acids is 1. The molecule has 2 amide bonds. The minimum absolute atomic E-state index is 0.0559. The van der Waals surface area contributed by atoms with Gasteiger partial charge in [-0.25, -0.2) is 9.59 Å². The molecular formula is C13H15N3O4. The van der Waals surface area contributed by atoms with Crippen molar-refractivity contribution in [1.29, 1.82) is 5.26 Å². The van der Waals surface area contributed by atoms with E-state index in [9.17, 15) is 9.59 Å². The lowest BCUT2D eigenvalue weighted by Gasteiger charge is -2.14. The summed E-state index contributed by atoms with van der Waals surface area (Å²) < 4.78 is 0. The van der Waals surface area contributed by atoms with Crippen LogP contribution in [0.25, 0.3) is 0 Å². The lowest BCUT2D eigenvalue weighted by Crippen LogP contribution is -2.46. The number of rotatable bonds is 6. The number of carboxylic acids is 1. The predicted octanol–water partition coefficient (Wildman–Crippen LogP) is 0.193. The molecule has 0 heterocycles. The number of urea groups is 1.